The molecule has 1 aliphatic rings. The zero-order chi connectivity index (χ0) is 8.27. The lowest BCUT2D eigenvalue weighted by Gasteiger charge is -2.26. The van der Waals surface area contributed by atoms with Crippen molar-refractivity contribution in [2.75, 3.05) is 19.6 Å². The second-order valence-electron chi connectivity index (χ2n) is 3.04. The third-order valence-corrected chi connectivity index (χ3v) is 2.20. The van der Waals surface area contributed by atoms with Gasteiger partial charge in [0, 0.05) is 6.54 Å². The molecule has 66 valence electrons. The smallest absolute Gasteiger partial charge is 0.0946 e. The van der Waals surface area contributed by atoms with E-state index < -0.39 is 6.10 Å². The number of hydrogen-bond acceptors (Lipinski definition) is 4. The van der Waals surface area contributed by atoms with Crippen molar-refractivity contribution < 1.29 is 5.11 Å². The first kappa shape index (κ1) is 8.93. The van der Waals surface area contributed by atoms with Crippen LogP contribution in [0, 0.1) is 0 Å². The van der Waals surface area contributed by atoms with Crippen LogP contribution in [-0.2, 0) is 0 Å². The first-order valence-electron chi connectivity index (χ1n) is 4.13. The van der Waals surface area contributed by atoms with Crippen LogP contribution in [0.25, 0.3) is 0 Å². The molecule has 2 atom stereocenters. The van der Waals surface area contributed by atoms with Crippen molar-refractivity contribution in [2.45, 2.75) is 25.1 Å². The third-order valence-electron chi connectivity index (χ3n) is 2.20. The molecule has 0 aliphatic carbocycles. The van der Waals surface area contributed by atoms with Crippen molar-refractivity contribution >= 4 is 0 Å². The first-order chi connectivity index (χ1) is 5.25. The second kappa shape index (κ2) is 4.01. The SMILES string of the molecule is NCC(O)C(N)N1CCCC1. The zero-order valence-corrected chi connectivity index (χ0v) is 6.74. The fourth-order valence-electron chi connectivity index (χ4n) is 1.42. The molecule has 0 aromatic heterocycles. The van der Waals surface area contributed by atoms with Crippen LogP contribution >= 0.6 is 0 Å². The zero-order valence-electron chi connectivity index (χ0n) is 6.74. The van der Waals surface area contributed by atoms with Crippen molar-refractivity contribution in [1.82, 2.24) is 4.90 Å². The normalized spacial score (nSPS) is 25.4. The van der Waals surface area contributed by atoms with E-state index in [1.807, 2.05) is 0 Å². The van der Waals surface area contributed by atoms with E-state index >= 15 is 0 Å². The molecular weight excluding hydrogens is 142 g/mol. The standard InChI is InChI=1S/C7H17N3O/c8-5-6(11)7(9)10-3-1-2-4-10/h6-7,11H,1-5,8-9H2. The maximum absolute atomic E-state index is 9.30. The molecule has 0 bridgehead atoms. The van der Waals surface area contributed by atoms with E-state index in [0.29, 0.717) is 0 Å². The summed E-state index contributed by atoms with van der Waals surface area (Å²) in [5, 5.41) is 9.30. The third kappa shape index (κ3) is 2.13. The lowest BCUT2D eigenvalue weighted by Crippen LogP contribution is -2.51. The number of nitrogens with zero attached hydrogens (tertiary/aromatic N) is 1. The summed E-state index contributed by atoms with van der Waals surface area (Å²) < 4.78 is 0. The number of nitrogens with two attached hydrogens (primary N) is 2. The van der Waals surface area contributed by atoms with Crippen LogP contribution in [0.2, 0.25) is 0 Å². The van der Waals surface area contributed by atoms with Crippen LogP contribution < -0.4 is 11.5 Å². The van der Waals surface area contributed by atoms with Gasteiger partial charge >= 0.3 is 0 Å². The van der Waals surface area contributed by atoms with Crippen LogP contribution in [0.4, 0.5) is 0 Å². The molecule has 0 radical (unpaired) electrons. The summed E-state index contributed by atoms with van der Waals surface area (Å²) in [4.78, 5) is 2.08. The Morgan fingerprint density at radius 2 is 1.91 bits per heavy atom. The van der Waals surface area contributed by atoms with E-state index in [4.69, 9.17) is 11.5 Å². The minimum absolute atomic E-state index is 0.248. The molecule has 1 aliphatic heterocycles. The minimum atomic E-state index is -0.576. The minimum Gasteiger partial charge on any atom is -0.389 e. The van der Waals surface area contributed by atoms with Gasteiger partial charge in [0.1, 0.15) is 0 Å². The van der Waals surface area contributed by atoms with E-state index in [-0.39, 0.29) is 12.7 Å². The highest BCUT2D eigenvalue weighted by atomic mass is 16.3. The summed E-state index contributed by atoms with van der Waals surface area (Å²) in [6.45, 7) is 2.24. The summed E-state index contributed by atoms with van der Waals surface area (Å²) >= 11 is 0. The molecule has 0 amide bonds. The maximum atomic E-state index is 9.30. The molecule has 2 unspecified atom stereocenters. The predicted octanol–water partition coefficient (Wildman–Crippen LogP) is -1.31. The molecule has 5 N–H and O–H groups in total. The fraction of sp³-hybridized carbons (Fsp3) is 1.00. The molecule has 1 fully saturated rings. The van der Waals surface area contributed by atoms with Crippen molar-refractivity contribution in [1.29, 1.82) is 0 Å². The van der Waals surface area contributed by atoms with Crippen LogP contribution in [0.15, 0.2) is 0 Å². The summed E-state index contributed by atoms with van der Waals surface area (Å²) in [5.41, 5.74) is 11.0. The van der Waals surface area contributed by atoms with Gasteiger partial charge < -0.3 is 16.6 Å². The molecule has 4 heteroatoms. The van der Waals surface area contributed by atoms with E-state index in [2.05, 4.69) is 4.90 Å². The van der Waals surface area contributed by atoms with E-state index in [9.17, 15) is 5.11 Å². The largest absolute Gasteiger partial charge is 0.389 e. The van der Waals surface area contributed by atoms with Gasteiger partial charge in [0.25, 0.3) is 0 Å². The fourth-order valence-corrected chi connectivity index (χ4v) is 1.42. The molecule has 0 spiro atoms. The van der Waals surface area contributed by atoms with Gasteiger partial charge in [0.05, 0.1) is 12.3 Å². The molecule has 0 saturated carbocycles. The van der Waals surface area contributed by atoms with Gasteiger partial charge in [-0.2, -0.15) is 0 Å². The van der Waals surface area contributed by atoms with Gasteiger partial charge in [0.2, 0.25) is 0 Å². The summed E-state index contributed by atoms with van der Waals surface area (Å²) in [6, 6.07) is 0. The number of rotatable bonds is 3. The highest BCUT2D eigenvalue weighted by Gasteiger charge is 2.23. The van der Waals surface area contributed by atoms with Gasteiger partial charge in [-0.1, -0.05) is 0 Å². The highest BCUT2D eigenvalue weighted by Crippen LogP contribution is 2.10. The molecular formula is C7H17N3O. The average Bonchev–Trinajstić information content (AvgIpc) is 2.53. The van der Waals surface area contributed by atoms with Crippen molar-refractivity contribution in [2.24, 2.45) is 11.5 Å². The van der Waals surface area contributed by atoms with Gasteiger partial charge in [-0.05, 0) is 25.9 Å². The Labute approximate surface area is 67.2 Å². The Kier molecular flexibility index (Phi) is 3.26. The monoisotopic (exact) mass is 159 g/mol. The van der Waals surface area contributed by atoms with Crippen LogP contribution in [0.5, 0.6) is 0 Å². The first-order valence-corrected chi connectivity index (χ1v) is 4.13. The summed E-state index contributed by atoms with van der Waals surface area (Å²) in [5.74, 6) is 0. The number of aliphatic hydroxyl groups is 1. The second-order valence-corrected chi connectivity index (χ2v) is 3.04. The molecule has 0 aromatic carbocycles. The highest BCUT2D eigenvalue weighted by molar-refractivity contribution is 4.77. The van der Waals surface area contributed by atoms with E-state index in [1.54, 1.807) is 0 Å². The van der Waals surface area contributed by atoms with Gasteiger partial charge in [-0.15, -0.1) is 0 Å². The molecule has 1 heterocycles. The van der Waals surface area contributed by atoms with Crippen molar-refractivity contribution in [3.63, 3.8) is 0 Å². The lowest BCUT2D eigenvalue weighted by atomic mass is 10.2. The van der Waals surface area contributed by atoms with Crippen molar-refractivity contribution in [3.8, 4) is 0 Å². The van der Waals surface area contributed by atoms with Gasteiger partial charge in [-0.3, -0.25) is 4.90 Å². The van der Waals surface area contributed by atoms with Crippen LogP contribution in [-0.4, -0.2) is 41.9 Å². The topological polar surface area (TPSA) is 75.5 Å². The van der Waals surface area contributed by atoms with Gasteiger partial charge in [-0.25, -0.2) is 0 Å². The quantitative estimate of drug-likeness (QED) is 0.478. The van der Waals surface area contributed by atoms with E-state index in [1.165, 1.54) is 12.8 Å². The summed E-state index contributed by atoms with van der Waals surface area (Å²) in [7, 11) is 0. The van der Waals surface area contributed by atoms with E-state index in [0.717, 1.165) is 13.1 Å². The lowest BCUT2D eigenvalue weighted by molar-refractivity contribution is 0.0714. The van der Waals surface area contributed by atoms with Crippen LogP contribution in [0.1, 0.15) is 12.8 Å². The number of aliphatic hydroxyl groups excluding tert-OH is 1. The Hall–Kier alpha value is -0.160. The summed E-state index contributed by atoms with van der Waals surface area (Å²) in [6.07, 6.45) is 1.53. The molecule has 4 nitrogen and oxygen atoms in total. The van der Waals surface area contributed by atoms with Crippen molar-refractivity contribution in [3.05, 3.63) is 0 Å². The Morgan fingerprint density at radius 3 is 2.36 bits per heavy atom. The average molecular weight is 159 g/mol. The predicted molar refractivity (Wildman–Crippen MR) is 43.8 cm³/mol. The van der Waals surface area contributed by atoms with Crippen LogP contribution in [0.3, 0.4) is 0 Å². The Bertz CT molecular complexity index is 114. The molecule has 0 aromatic rings. The van der Waals surface area contributed by atoms with Gasteiger partial charge in [0.15, 0.2) is 0 Å². The number of hydrogen-bond donors (Lipinski definition) is 3. The maximum Gasteiger partial charge on any atom is 0.0946 e. The molecule has 1 saturated heterocycles. The Balaban J connectivity index is 2.32. The Morgan fingerprint density at radius 1 is 1.36 bits per heavy atom. The number of likely N-dealkylation sites (tertiary alicyclic amines) is 1. The molecule has 11 heavy (non-hydrogen) atoms. The molecule has 1 rings (SSSR count).